The number of ether oxygens (including phenoxy) is 2. The molecule has 0 fully saturated rings. The summed E-state index contributed by atoms with van der Waals surface area (Å²) in [6.45, 7) is 1.95. The van der Waals surface area contributed by atoms with Crippen molar-refractivity contribution in [2.24, 2.45) is 0 Å². The number of carbonyl (C=O) groups is 1. The number of hydrogen-bond donors (Lipinski definition) is 1. The van der Waals surface area contributed by atoms with E-state index in [1.54, 1.807) is 7.11 Å². The minimum absolute atomic E-state index is 0.191. The Bertz CT molecular complexity index is 373. The van der Waals surface area contributed by atoms with E-state index in [9.17, 15) is 9.90 Å². The lowest BCUT2D eigenvalue weighted by atomic mass is 10.0. The second-order valence-electron chi connectivity index (χ2n) is 3.56. The molecular formula is C12H16O4. The molecule has 0 heterocycles. The molecule has 0 bridgehead atoms. The molecule has 1 N–H and O–H groups in total. The van der Waals surface area contributed by atoms with Gasteiger partial charge in [0.05, 0.1) is 14.2 Å². The van der Waals surface area contributed by atoms with Gasteiger partial charge in [-0.25, -0.2) is 4.79 Å². The van der Waals surface area contributed by atoms with E-state index in [0.717, 1.165) is 11.1 Å². The maximum absolute atomic E-state index is 11.1. The Morgan fingerprint density at radius 2 is 2.12 bits per heavy atom. The molecule has 1 atom stereocenters. The van der Waals surface area contributed by atoms with E-state index in [1.165, 1.54) is 7.11 Å². The van der Waals surface area contributed by atoms with Crippen molar-refractivity contribution < 1.29 is 19.4 Å². The number of methoxy groups -OCH3 is 2. The number of carbonyl (C=O) groups excluding carboxylic acids is 1. The highest BCUT2D eigenvalue weighted by atomic mass is 16.5. The SMILES string of the molecule is COC(=O)C(O)Cc1ccc(C)cc1OC. The Kier molecular flexibility index (Phi) is 4.31. The highest BCUT2D eigenvalue weighted by molar-refractivity contribution is 5.74. The first-order valence-corrected chi connectivity index (χ1v) is 4.98. The molecule has 4 heteroatoms. The zero-order chi connectivity index (χ0) is 12.1. The van der Waals surface area contributed by atoms with Crippen molar-refractivity contribution in [3.8, 4) is 5.75 Å². The highest BCUT2D eigenvalue weighted by Crippen LogP contribution is 2.21. The van der Waals surface area contributed by atoms with E-state index in [1.807, 2.05) is 25.1 Å². The first-order chi connectivity index (χ1) is 7.58. The van der Waals surface area contributed by atoms with Crippen LogP contribution in [-0.2, 0) is 16.0 Å². The summed E-state index contributed by atoms with van der Waals surface area (Å²) in [5.41, 5.74) is 1.85. The average molecular weight is 224 g/mol. The number of benzene rings is 1. The fourth-order valence-electron chi connectivity index (χ4n) is 1.45. The van der Waals surface area contributed by atoms with Gasteiger partial charge in [0.25, 0.3) is 0 Å². The van der Waals surface area contributed by atoms with Crippen molar-refractivity contribution in [1.29, 1.82) is 0 Å². The number of esters is 1. The largest absolute Gasteiger partial charge is 0.496 e. The first-order valence-electron chi connectivity index (χ1n) is 4.98. The Morgan fingerprint density at radius 1 is 1.44 bits per heavy atom. The third-order valence-corrected chi connectivity index (χ3v) is 2.33. The van der Waals surface area contributed by atoms with Crippen LogP contribution in [0, 0.1) is 6.92 Å². The first kappa shape index (κ1) is 12.5. The number of aliphatic hydroxyl groups excluding tert-OH is 1. The monoisotopic (exact) mass is 224 g/mol. The maximum Gasteiger partial charge on any atom is 0.335 e. The zero-order valence-electron chi connectivity index (χ0n) is 9.69. The Morgan fingerprint density at radius 3 is 2.69 bits per heavy atom. The third kappa shape index (κ3) is 2.97. The van der Waals surface area contributed by atoms with Gasteiger partial charge in [-0.3, -0.25) is 0 Å². The van der Waals surface area contributed by atoms with Gasteiger partial charge in [0.2, 0.25) is 0 Å². The molecule has 0 aliphatic heterocycles. The summed E-state index contributed by atoms with van der Waals surface area (Å²) in [5, 5.41) is 9.53. The van der Waals surface area contributed by atoms with Gasteiger partial charge in [-0.1, -0.05) is 12.1 Å². The van der Waals surface area contributed by atoms with Crippen molar-refractivity contribution in [2.75, 3.05) is 14.2 Å². The van der Waals surface area contributed by atoms with Gasteiger partial charge < -0.3 is 14.6 Å². The Balaban J connectivity index is 2.84. The Hall–Kier alpha value is -1.55. The lowest BCUT2D eigenvalue weighted by molar-refractivity contribution is -0.150. The molecule has 0 aromatic heterocycles. The van der Waals surface area contributed by atoms with Gasteiger partial charge in [0.15, 0.2) is 6.10 Å². The molecule has 0 amide bonds. The molecule has 4 nitrogen and oxygen atoms in total. The summed E-state index contributed by atoms with van der Waals surface area (Å²) in [6.07, 6.45) is -0.961. The van der Waals surface area contributed by atoms with Crippen molar-refractivity contribution in [1.82, 2.24) is 0 Å². The second-order valence-corrected chi connectivity index (χ2v) is 3.56. The molecule has 0 saturated carbocycles. The summed E-state index contributed by atoms with van der Waals surface area (Å²) in [4.78, 5) is 11.1. The van der Waals surface area contributed by atoms with Crippen LogP contribution < -0.4 is 4.74 Å². The van der Waals surface area contributed by atoms with Crippen LogP contribution in [0.5, 0.6) is 5.75 Å². The van der Waals surface area contributed by atoms with E-state index in [2.05, 4.69) is 4.74 Å². The molecule has 0 aliphatic rings. The average Bonchev–Trinajstić information content (AvgIpc) is 2.30. The van der Waals surface area contributed by atoms with Crippen molar-refractivity contribution in [3.63, 3.8) is 0 Å². The molecule has 0 spiro atoms. The van der Waals surface area contributed by atoms with Crippen LogP contribution in [0.3, 0.4) is 0 Å². The van der Waals surface area contributed by atoms with E-state index < -0.39 is 12.1 Å². The lowest BCUT2D eigenvalue weighted by Crippen LogP contribution is -2.24. The van der Waals surface area contributed by atoms with Crippen LogP contribution in [0.1, 0.15) is 11.1 Å². The van der Waals surface area contributed by atoms with Gasteiger partial charge in [-0.05, 0) is 24.1 Å². The summed E-state index contributed by atoms with van der Waals surface area (Å²) in [5.74, 6) is 0.0329. The van der Waals surface area contributed by atoms with E-state index in [4.69, 9.17) is 4.74 Å². The highest BCUT2D eigenvalue weighted by Gasteiger charge is 2.17. The van der Waals surface area contributed by atoms with Crippen LogP contribution in [0.2, 0.25) is 0 Å². The van der Waals surface area contributed by atoms with Crippen LogP contribution in [0.15, 0.2) is 18.2 Å². The summed E-state index contributed by atoms with van der Waals surface area (Å²) in [7, 11) is 2.81. The van der Waals surface area contributed by atoms with Gasteiger partial charge in [0, 0.05) is 6.42 Å². The molecule has 1 aromatic rings. The quantitative estimate of drug-likeness (QED) is 0.777. The normalized spacial score (nSPS) is 12.0. The maximum atomic E-state index is 11.1. The van der Waals surface area contributed by atoms with Crippen LogP contribution in [-0.4, -0.2) is 31.4 Å². The van der Waals surface area contributed by atoms with Crippen molar-refractivity contribution in [3.05, 3.63) is 29.3 Å². The minimum Gasteiger partial charge on any atom is -0.496 e. The molecule has 1 unspecified atom stereocenters. The van der Waals surface area contributed by atoms with E-state index in [-0.39, 0.29) is 6.42 Å². The molecule has 16 heavy (non-hydrogen) atoms. The van der Waals surface area contributed by atoms with Gasteiger partial charge >= 0.3 is 5.97 Å². The summed E-state index contributed by atoms with van der Waals surface area (Å²) in [6, 6.07) is 5.60. The smallest absolute Gasteiger partial charge is 0.335 e. The standard InChI is InChI=1S/C12H16O4/c1-8-4-5-9(11(6-8)15-2)7-10(13)12(14)16-3/h4-6,10,13H,7H2,1-3H3. The predicted molar refractivity (Wildman–Crippen MR) is 59.5 cm³/mol. The zero-order valence-corrected chi connectivity index (χ0v) is 9.69. The summed E-state index contributed by atoms with van der Waals surface area (Å²) >= 11 is 0. The number of aliphatic hydroxyl groups is 1. The topological polar surface area (TPSA) is 55.8 Å². The molecule has 1 aromatic carbocycles. The minimum atomic E-state index is -1.15. The fourth-order valence-corrected chi connectivity index (χ4v) is 1.45. The van der Waals surface area contributed by atoms with Gasteiger partial charge in [-0.15, -0.1) is 0 Å². The van der Waals surface area contributed by atoms with Crippen LogP contribution in [0.4, 0.5) is 0 Å². The molecule has 0 aliphatic carbocycles. The van der Waals surface area contributed by atoms with E-state index in [0.29, 0.717) is 5.75 Å². The van der Waals surface area contributed by atoms with Crippen LogP contribution >= 0.6 is 0 Å². The van der Waals surface area contributed by atoms with Crippen molar-refractivity contribution in [2.45, 2.75) is 19.4 Å². The third-order valence-electron chi connectivity index (χ3n) is 2.33. The van der Waals surface area contributed by atoms with Crippen molar-refractivity contribution >= 4 is 5.97 Å². The lowest BCUT2D eigenvalue weighted by Gasteiger charge is -2.12. The molecule has 0 saturated heterocycles. The molecule has 0 radical (unpaired) electrons. The van der Waals surface area contributed by atoms with E-state index >= 15 is 0 Å². The molecule has 1 rings (SSSR count). The fraction of sp³-hybridized carbons (Fsp3) is 0.417. The number of rotatable bonds is 4. The predicted octanol–water partition coefficient (Wildman–Crippen LogP) is 1.08. The van der Waals surface area contributed by atoms with Crippen LogP contribution in [0.25, 0.3) is 0 Å². The summed E-state index contributed by atoms with van der Waals surface area (Å²) < 4.78 is 9.63. The number of hydrogen-bond acceptors (Lipinski definition) is 4. The molecular weight excluding hydrogens is 208 g/mol. The second kappa shape index (κ2) is 5.51. The molecule has 88 valence electrons. The van der Waals surface area contributed by atoms with Gasteiger partial charge in [-0.2, -0.15) is 0 Å². The number of aryl methyl sites for hydroxylation is 1. The Labute approximate surface area is 94.8 Å². The van der Waals surface area contributed by atoms with Gasteiger partial charge in [0.1, 0.15) is 5.75 Å².